The maximum Gasteiger partial charge on any atom is 0.262 e. The molecule has 1 N–H and O–H groups in total. The summed E-state index contributed by atoms with van der Waals surface area (Å²) < 4.78 is 28.9. The summed E-state index contributed by atoms with van der Waals surface area (Å²) in [6.07, 6.45) is 0. The Kier molecular flexibility index (Phi) is 6.11. The fraction of sp³-hybridized carbons (Fsp3) is 0.136. The van der Waals surface area contributed by atoms with Crippen molar-refractivity contribution in [1.29, 1.82) is 0 Å². The number of ether oxygens (including phenoxy) is 3. The second-order valence-electron chi connectivity index (χ2n) is 5.93. The molecule has 3 aromatic rings. The van der Waals surface area contributed by atoms with E-state index in [1.807, 2.05) is 30.3 Å². The van der Waals surface area contributed by atoms with Crippen molar-refractivity contribution in [3.05, 3.63) is 72.5 Å². The van der Waals surface area contributed by atoms with Gasteiger partial charge in [-0.25, -0.2) is 4.39 Å². The number of methoxy groups -OCH3 is 2. The van der Waals surface area contributed by atoms with E-state index < -0.39 is 0 Å². The van der Waals surface area contributed by atoms with Gasteiger partial charge in [-0.1, -0.05) is 12.1 Å². The molecule has 0 saturated carbocycles. The van der Waals surface area contributed by atoms with Crippen LogP contribution in [0, 0.1) is 5.82 Å². The van der Waals surface area contributed by atoms with Crippen LogP contribution in [0.25, 0.3) is 11.1 Å². The van der Waals surface area contributed by atoms with Crippen LogP contribution in [0.2, 0.25) is 0 Å². The van der Waals surface area contributed by atoms with Crippen LogP contribution in [0.15, 0.2) is 66.7 Å². The lowest BCUT2D eigenvalue weighted by Crippen LogP contribution is -2.20. The molecule has 5 nitrogen and oxygen atoms in total. The fourth-order valence-corrected chi connectivity index (χ4v) is 2.66. The quantitative estimate of drug-likeness (QED) is 0.653. The Balaban J connectivity index is 1.71. The Labute approximate surface area is 162 Å². The molecule has 28 heavy (non-hydrogen) atoms. The van der Waals surface area contributed by atoms with Gasteiger partial charge in [0, 0.05) is 11.3 Å². The number of amides is 1. The van der Waals surface area contributed by atoms with Crippen molar-refractivity contribution in [3.8, 4) is 28.4 Å². The van der Waals surface area contributed by atoms with Gasteiger partial charge >= 0.3 is 0 Å². The van der Waals surface area contributed by atoms with Crippen molar-refractivity contribution in [2.75, 3.05) is 26.1 Å². The predicted octanol–water partition coefficient (Wildman–Crippen LogP) is 4.53. The first-order chi connectivity index (χ1) is 13.6. The van der Waals surface area contributed by atoms with Gasteiger partial charge in [-0.05, 0) is 60.2 Å². The van der Waals surface area contributed by atoms with Gasteiger partial charge in [0.2, 0.25) is 0 Å². The number of benzene rings is 3. The first-order valence-electron chi connectivity index (χ1n) is 8.59. The van der Waals surface area contributed by atoms with Crippen LogP contribution in [0.1, 0.15) is 0 Å². The highest BCUT2D eigenvalue weighted by atomic mass is 19.1. The van der Waals surface area contributed by atoms with E-state index in [2.05, 4.69) is 5.32 Å². The Morgan fingerprint density at radius 3 is 2.21 bits per heavy atom. The topological polar surface area (TPSA) is 56.8 Å². The molecule has 0 aliphatic heterocycles. The molecule has 0 bridgehead atoms. The summed E-state index contributed by atoms with van der Waals surface area (Å²) in [5, 5.41) is 2.79. The molecule has 0 aliphatic carbocycles. The van der Waals surface area contributed by atoms with Crippen molar-refractivity contribution >= 4 is 11.6 Å². The lowest BCUT2D eigenvalue weighted by Gasteiger charge is -2.13. The lowest BCUT2D eigenvalue weighted by atomic mass is 10.0. The molecule has 3 aromatic carbocycles. The standard InChI is InChI=1S/C22H20FNO4/c1-26-18-8-3-15(4-9-18)20-13-17(7-12-21(20)27-2)24-22(25)14-28-19-10-5-16(23)6-11-19/h3-13H,14H2,1-2H3,(H,24,25). The molecule has 0 aromatic heterocycles. The lowest BCUT2D eigenvalue weighted by molar-refractivity contribution is -0.118. The zero-order valence-electron chi connectivity index (χ0n) is 15.6. The highest BCUT2D eigenvalue weighted by Crippen LogP contribution is 2.33. The van der Waals surface area contributed by atoms with Crippen molar-refractivity contribution in [2.24, 2.45) is 0 Å². The van der Waals surface area contributed by atoms with Crippen molar-refractivity contribution in [3.63, 3.8) is 0 Å². The molecule has 144 valence electrons. The van der Waals surface area contributed by atoms with Gasteiger partial charge < -0.3 is 19.5 Å². The minimum Gasteiger partial charge on any atom is -0.497 e. The summed E-state index contributed by atoms with van der Waals surface area (Å²) in [4.78, 5) is 12.2. The third-order valence-electron chi connectivity index (χ3n) is 4.07. The van der Waals surface area contributed by atoms with Gasteiger partial charge in [0.15, 0.2) is 6.61 Å². The van der Waals surface area contributed by atoms with Crippen LogP contribution in [-0.4, -0.2) is 26.7 Å². The summed E-state index contributed by atoms with van der Waals surface area (Å²) in [5.41, 5.74) is 2.37. The molecule has 3 rings (SSSR count). The van der Waals surface area contributed by atoms with Gasteiger partial charge in [0.1, 0.15) is 23.1 Å². The Hall–Kier alpha value is -3.54. The molecular weight excluding hydrogens is 361 g/mol. The Morgan fingerprint density at radius 1 is 0.893 bits per heavy atom. The van der Waals surface area contributed by atoms with Crippen molar-refractivity contribution in [2.45, 2.75) is 0 Å². The van der Waals surface area contributed by atoms with Gasteiger partial charge in [-0.2, -0.15) is 0 Å². The summed E-state index contributed by atoms with van der Waals surface area (Å²) in [5.74, 6) is 1.18. The van der Waals surface area contributed by atoms with E-state index in [0.29, 0.717) is 17.2 Å². The molecule has 0 saturated heterocycles. The first-order valence-corrected chi connectivity index (χ1v) is 8.59. The summed E-state index contributed by atoms with van der Waals surface area (Å²) in [6, 6.07) is 18.4. The number of anilines is 1. The average Bonchev–Trinajstić information content (AvgIpc) is 2.73. The molecular formula is C22H20FNO4. The maximum atomic E-state index is 12.9. The van der Waals surface area contributed by atoms with Gasteiger partial charge in [0.05, 0.1) is 14.2 Å². The third kappa shape index (κ3) is 4.79. The van der Waals surface area contributed by atoms with E-state index >= 15 is 0 Å². The van der Waals surface area contributed by atoms with E-state index in [-0.39, 0.29) is 18.3 Å². The zero-order valence-corrected chi connectivity index (χ0v) is 15.6. The number of nitrogens with one attached hydrogen (secondary N) is 1. The SMILES string of the molecule is COc1ccc(-c2cc(NC(=O)COc3ccc(F)cc3)ccc2OC)cc1. The minimum absolute atomic E-state index is 0.185. The summed E-state index contributed by atoms with van der Waals surface area (Å²) in [7, 11) is 3.21. The number of hydrogen-bond acceptors (Lipinski definition) is 4. The number of carbonyl (C=O) groups excluding carboxylic acids is 1. The monoisotopic (exact) mass is 381 g/mol. The number of rotatable bonds is 7. The van der Waals surface area contributed by atoms with Crippen LogP contribution in [0.5, 0.6) is 17.2 Å². The molecule has 0 radical (unpaired) electrons. The third-order valence-corrected chi connectivity index (χ3v) is 4.07. The molecule has 0 atom stereocenters. The molecule has 0 heterocycles. The van der Waals surface area contributed by atoms with Crippen LogP contribution >= 0.6 is 0 Å². The molecule has 0 spiro atoms. The normalized spacial score (nSPS) is 10.2. The van der Waals surface area contributed by atoms with E-state index in [9.17, 15) is 9.18 Å². The molecule has 6 heteroatoms. The van der Waals surface area contributed by atoms with E-state index in [4.69, 9.17) is 14.2 Å². The smallest absolute Gasteiger partial charge is 0.262 e. The maximum absolute atomic E-state index is 12.9. The van der Waals surface area contributed by atoms with E-state index in [1.165, 1.54) is 24.3 Å². The molecule has 0 aliphatic rings. The summed E-state index contributed by atoms with van der Waals surface area (Å²) in [6.45, 7) is -0.185. The van der Waals surface area contributed by atoms with Crippen LogP contribution < -0.4 is 19.5 Å². The van der Waals surface area contributed by atoms with Crippen LogP contribution in [0.4, 0.5) is 10.1 Å². The Morgan fingerprint density at radius 2 is 1.57 bits per heavy atom. The van der Waals surface area contributed by atoms with E-state index in [1.54, 1.807) is 26.4 Å². The predicted molar refractivity (Wildman–Crippen MR) is 106 cm³/mol. The van der Waals surface area contributed by atoms with Gasteiger partial charge in [-0.15, -0.1) is 0 Å². The van der Waals surface area contributed by atoms with Crippen LogP contribution in [-0.2, 0) is 4.79 Å². The fourth-order valence-electron chi connectivity index (χ4n) is 2.66. The molecule has 1 amide bonds. The second kappa shape index (κ2) is 8.90. The minimum atomic E-state index is -0.360. The second-order valence-corrected chi connectivity index (χ2v) is 5.93. The zero-order chi connectivity index (χ0) is 19.9. The molecule has 0 fully saturated rings. The Bertz CT molecular complexity index is 940. The highest BCUT2D eigenvalue weighted by Gasteiger charge is 2.10. The van der Waals surface area contributed by atoms with Crippen LogP contribution in [0.3, 0.4) is 0 Å². The number of halogens is 1. The van der Waals surface area contributed by atoms with E-state index in [0.717, 1.165) is 16.9 Å². The van der Waals surface area contributed by atoms with Crippen molar-refractivity contribution in [1.82, 2.24) is 0 Å². The first kappa shape index (κ1) is 19.2. The largest absolute Gasteiger partial charge is 0.497 e. The van der Waals surface area contributed by atoms with Crippen molar-refractivity contribution < 1.29 is 23.4 Å². The summed E-state index contributed by atoms with van der Waals surface area (Å²) >= 11 is 0. The van der Waals surface area contributed by atoms with Gasteiger partial charge in [-0.3, -0.25) is 4.79 Å². The van der Waals surface area contributed by atoms with Gasteiger partial charge in [0.25, 0.3) is 5.91 Å². The average molecular weight is 381 g/mol. The number of hydrogen-bond donors (Lipinski definition) is 1. The number of carbonyl (C=O) groups is 1. The highest BCUT2D eigenvalue weighted by molar-refractivity contribution is 5.93. The molecule has 0 unspecified atom stereocenters.